The van der Waals surface area contributed by atoms with Crippen LogP contribution in [-0.4, -0.2) is 25.8 Å². The van der Waals surface area contributed by atoms with Crippen LogP contribution in [0.2, 0.25) is 0 Å². The van der Waals surface area contributed by atoms with Gasteiger partial charge in [-0.15, -0.1) is 0 Å². The van der Waals surface area contributed by atoms with Crippen LogP contribution in [0.5, 0.6) is 0 Å². The lowest BCUT2D eigenvalue weighted by molar-refractivity contribution is -0.117. The van der Waals surface area contributed by atoms with Gasteiger partial charge in [0.15, 0.2) is 9.84 Å². The van der Waals surface area contributed by atoms with Gasteiger partial charge in [-0.25, -0.2) is 8.42 Å². The summed E-state index contributed by atoms with van der Waals surface area (Å²) in [5, 5.41) is 0. The Hall–Kier alpha value is -0.580. The second kappa shape index (κ2) is 3.43. The summed E-state index contributed by atoms with van der Waals surface area (Å²) in [6.45, 7) is 0. The molecule has 4 nitrogen and oxygen atoms in total. The van der Waals surface area contributed by atoms with E-state index in [9.17, 15) is 13.2 Å². The van der Waals surface area contributed by atoms with Crippen LogP contribution in [0.1, 0.15) is 19.3 Å². The van der Waals surface area contributed by atoms with E-state index in [-0.39, 0.29) is 17.9 Å². The van der Waals surface area contributed by atoms with Crippen molar-refractivity contribution < 1.29 is 13.2 Å². The van der Waals surface area contributed by atoms with Gasteiger partial charge < -0.3 is 5.73 Å². The molecular formula is C7H13NO3S. The van der Waals surface area contributed by atoms with Crippen LogP contribution in [-0.2, 0) is 14.6 Å². The van der Waals surface area contributed by atoms with Crippen molar-refractivity contribution in [2.75, 3.05) is 11.5 Å². The monoisotopic (exact) mass is 191 g/mol. The number of hydrogen-bond acceptors (Lipinski definition) is 3. The van der Waals surface area contributed by atoms with E-state index in [1.165, 1.54) is 0 Å². The maximum atomic E-state index is 11.2. The third-order valence-electron chi connectivity index (χ3n) is 1.85. The topological polar surface area (TPSA) is 77.2 Å². The Kier molecular flexibility index (Phi) is 2.72. The summed E-state index contributed by atoms with van der Waals surface area (Å²) < 4.78 is 22.4. The van der Waals surface area contributed by atoms with Crippen molar-refractivity contribution in [1.82, 2.24) is 0 Å². The predicted octanol–water partition coefficient (Wildman–Crippen LogP) is -0.313. The van der Waals surface area contributed by atoms with Gasteiger partial charge in [0.25, 0.3) is 0 Å². The van der Waals surface area contributed by atoms with Gasteiger partial charge >= 0.3 is 0 Å². The zero-order valence-corrected chi connectivity index (χ0v) is 7.64. The molecule has 0 unspecified atom stereocenters. The molecule has 1 aliphatic carbocycles. The van der Waals surface area contributed by atoms with E-state index in [0.717, 1.165) is 12.8 Å². The van der Waals surface area contributed by atoms with Crippen LogP contribution in [0.3, 0.4) is 0 Å². The van der Waals surface area contributed by atoms with Gasteiger partial charge in [0.2, 0.25) is 5.91 Å². The molecule has 1 fully saturated rings. The zero-order chi connectivity index (χ0) is 9.19. The minimum absolute atomic E-state index is 0.0466. The van der Waals surface area contributed by atoms with E-state index < -0.39 is 15.7 Å². The summed E-state index contributed by atoms with van der Waals surface area (Å²) in [5.41, 5.74) is 4.84. The standard InChI is InChI=1S/C7H13NO3S/c8-7(9)3-4-12(10,11)5-6-1-2-6/h6H,1-5H2,(H2,8,9). The van der Waals surface area contributed by atoms with Gasteiger partial charge in [-0.1, -0.05) is 0 Å². The molecule has 1 saturated carbocycles. The number of rotatable bonds is 5. The minimum atomic E-state index is -3.01. The number of hydrogen-bond donors (Lipinski definition) is 1. The van der Waals surface area contributed by atoms with E-state index >= 15 is 0 Å². The molecule has 0 heterocycles. The van der Waals surface area contributed by atoms with Gasteiger partial charge in [-0.05, 0) is 18.8 Å². The highest BCUT2D eigenvalue weighted by Gasteiger charge is 2.27. The number of primary amides is 1. The quantitative estimate of drug-likeness (QED) is 0.647. The van der Waals surface area contributed by atoms with E-state index in [1.807, 2.05) is 0 Å². The summed E-state index contributed by atoms with van der Waals surface area (Å²) in [5.74, 6) is -0.0451. The maximum Gasteiger partial charge on any atom is 0.218 e. The molecule has 0 bridgehead atoms. The lowest BCUT2D eigenvalue weighted by Gasteiger charge is -1.99. The molecule has 0 saturated heterocycles. The fourth-order valence-electron chi connectivity index (χ4n) is 0.983. The Bertz CT molecular complexity index is 266. The van der Waals surface area contributed by atoms with Gasteiger partial charge in [0, 0.05) is 6.42 Å². The van der Waals surface area contributed by atoms with Crippen LogP contribution in [0.4, 0.5) is 0 Å². The first-order valence-corrected chi connectivity index (χ1v) is 5.80. The minimum Gasteiger partial charge on any atom is -0.370 e. The van der Waals surface area contributed by atoms with Crippen molar-refractivity contribution in [3.05, 3.63) is 0 Å². The SMILES string of the molecule is NC(=O)CCS(=O)(=O)CC1CC1. The Morgan fingerprint density at radius 1 is 1.42 bits per heavy atom. The lowest BCUT2D eigenvalue weighted by atomic mass is 10.5. The van der Waals surface area contributed by atoms with Crippen LogP contribution < -0.4 is 5.73 Å². The fourth-order valence-corrected chi connectivity index (χ4v) is 2.71. The first-order valence-electron chi connectivity index (χ1n) is 3.98. The van der Waals surface area contributed by atoms with E-state index in [2.05, 4.69) is 0 Å². The maximum absolute atomic E-state index is 11.2. The zero-order valence-electron chi connectivity index (χ0n) is 6.82. The van der Waals surface area contributed by atoms with Gasteiger partial charge in [0.05, 0.1) is 11.5 Å². The van der Waals surface area contributed by atoms with Gasteiger partial charge in [-0.3, -0.25) is 4.79 Å². The molecule has 0 spiro atoms. The van der Waals surface area contributed by atoms with Crippen molar-refractivity contribution in [3.63, 3.8) is 0 Å². The third kappa shape index (κ3) is 3.71. The normalized spacial score (nSPS) is 17.7. The molecule has 70 valence electrons. The summed E-state index contributed by atoms with van der Waals surface area (Å²) in [6.07, 6.45) is 1.97. The smallest absolute Gasteiger partial charge is 0.218 e. The molecule has 0 aromatic heterocycles. The third-order valence-corrected chi connectivity index (χ3v) is 3.65. The van der Waals surface area contributed by atoms with Crippen molar-refractivity contribution in [3.8, 4) is 0 Å². The molecule has 1 rings (SSSR count). The van der Waals surface area contributed by atoms with E-state index in [0.29, 0.717) is 5.92 Å². The van der Waals surface area contributed by atoms with E-state index in [1.54, 1.807) is 0 Å². The van der Waals surface area contributed by atoms with Gasteiger partial charge in [-0.2, -0.15) is 0 Å². The molecule has 0 aromatic rings. The van der Waals surface area contributed by atoms with Gasteiger partial charge in [0.1, 0.15) is 0 Å². The van der Waals surface area contributed by atoms with Crippen LogP contribution in [0, 0.1) is 5.92 Å². The second-order valence-electron chi connectivity index (χ2n) is 3.27. The number of sulfone groups is 1. The Morgan fingerprint density at radius 2 is 2.00 bits per heavy atom. The van der Waals surface area contributed by atoms with Crippen molar-refractivity contribution >= 4 is 15.7 Å². The molecule has 12 heavy (non-hydrogen) atoms. The number of amides is 1. The summed E-state index contributed by atoms with van der Waals surface area (Å²) in [4.78, 5) is 10.3. The average molecular weight is 191 g/mol. The number of nitrogens with two attached hydrogens (primary N) is 1. The molecule has 1 amide bonds. The van der Waals surface area contributed by atoms with Crippen molar-refractivity contribution in [2.45, 2.75) is 19.3 Å². The highest BCUT2D eigenvalue weighted by molar-refractivity contribution is 7.91. The van der Waals surface area contributed by atoms with Crippen LogP contribution >= 0.6 is 0 Å². The summed E-state index contributed by atoms with van der Waals surface area (Å²) in [6, 6.07) is 0. The average Bonchev–Trinajstić information content (AvgIpc) is 2.67. The fraction of sp³-hybridized carbons (Fsp3) is 0.857. The largest absolute Gasteiger partial charge is 0.370 e. The Labute approximate surface area is 72.0 Å². The first-order chi connectivity index (χ1) is 5.49. The number of carbonyl (C=O) groups excluding carboxylic acids is 1. The molecule has 5 heteroatoms. The first kappa shape index (κ1) is 9.51. The predicted molar refractivity (Wildman–Crippen MR) is 45.2 cm³/mol. The lowest BCUT2D eigenvalue weighted by Crippen LogP contribution is -2.19. The molecule has 0 atom stereocenters. The van der Waals surface area contributed by atoms with Crippen LogP contribution in [0.25, 0.3) is 0 Å². The molecule has 0 radical (unpaired) electrons. The van der Waals surface area contributed by atoms with Crippen molar-refractivity contribution in [2.24, 2.45) is 11.7 Å². The Morgan fingerprint density at radius 3 is 2.42 bits per heavy atom. The van der Waals surface area contributed by atoms with Crippen molar-refractivity contribution in [1.29, 1.82) is 0 Å². The molecule has 0 aliphatic heterocycles. The highest BCUT2D eigenvalue weighted by atomic mass is 32.2. The summed E-state index contributed by atoms with van der Waals surface area (Å²) >= 11 is 0. The summed E-state index contributed by atoms with van der Waals surface area (Å²) in [7, 11) is -3.01. The molecule has 2 N–H and O–H groups in total. The number of carbonyl (C=O) groups is 1. The second-order valence-corrected chi connectivity index (χ2v) is 5.50. The molecular weight excluding hydrogens is 178 g/mol. The highest BCUT2D eigenvalue weighted by Crippen LogP contribution is 2.30. The van der Waals surface area contributed by atoms with E-state index in [4.69, 9.17) is 5.73 Å². The Balaban J connectivity index is 2.31. The molecule has 1 aliphatic rings. The van der Waals surface area contributed by atoms with Crippen LogP contribution in [0.15, 0.2) is 0 Å². The molecule has 0 aromatic carbocycles.